The van der Waals surface area contributed by atoms with E-state index in [1.54, 1.807) is 0 Å². The smallest absolute Gasteiger partial charge is 0.201 e. The van der Waals surface area contributed by atoms with Crippen LogP contribution in [0.1, 0.15) is 20.3 Å². The van der Waals surface area contributed by atoms with Gasteiger partial charge in [0.2, 0.25) is 0 Å². The predicted molar refractivity (Wildman–Crippen MR) is 59.7 cm³/mol. The number of nitrogens with zero attached hydrogens (tertiary/aromatic N) is 1. The van der Waals surface area contributed by atoms with Gasteiger partial charge in [-0.25, -0.2) is 4.72 Å². The molecule has 0 radical (unpaired) electrons. The van der Waals surface area contributed by atoms with E-state index in [2.05, 4.69) is 18.6 Å². The van der Waals surface area contributed by atoms with Crippen molar-refractivity contribution in [2.45, 2.75) is 25.6 Å². The Morgan fingerprint density at radius 1 is 1.36 bits per heavy atom. The van der Waals surface area contributed by atoms with Crippen molar-refractivity contribution in [1.82, 2.24) is 9.03 Å². The van der Waals surface area contributed by atoms with Gasteiger partial charge in [0.05, 0.1) is 0 Å². The topological polar surface area (TPSA) is 49.4 Å². The van der Waals surface area contributed by atoms with Crippen LogP contribution >= 0.6 is 11.6 Å². The van der Waals surface area contributed by atoms with E-state index in [9.17, 15) is 8.42 Å². The fourth-order valence-electron chi connectivity index (χ4n) is 0.920. The molecular weight excluding hydrogens is 224 g/mol. The van der Waals surface area contributed by atoms with Crippen LogP contribution in [-0.2, 0) is 10.2 Å². The van der Waals surface area contributed by atoms with Gasteiger partial charge < -0.3 is 0 Å². The summed E-state index contributed by atoms with van der Waals surface area (Å²) in [6.45, 7) is 4.38. The molecule has 0 saturated heterocycles. The Morgan fingerprint density at radius 3 is 2.21 bits per heavy atom. The van der Waals surface area contributed by atoms with Gasteiger partial charge in [-0.2, -0.15) is 12.7 Å². The minimum atomic E-state index is -3.33. The normalized spacial score (nSPS) is 15.1. The average molecular weight is 243 g/mol. The second-order valence-electron chi connectivity index (χ2n) is 3.86. The van der Waals surface area contributed by atoms with Crippen molar-refractivity contribution in [3.63, 3.8) is 0 Å². The van der Waals surface area contributed by atoms with Crippen LogP contribution in [-0.4, -0.2) is 38.7 Å². The summed E-state index contributed by atoms with van der Waals surface area (Å²) in [4.78, 5) is 0. The van der Waals surface area contributed by atoms with E-state index in [4.69, 9.17) is 11.6 Å². The number of alkyl halides is 1. The maximum absolute atomic E-state index is 11.3. The zero-order valence-electron chi connectivity index (χ0n) is 9.12. The van der Waals surface area contributed by atoms with Crippen LogP contribution in [0.3, 0.4) is 0 Å². The highest BCUT2D eigenvalue weighted by atomic mass is 35.5. The molecule has 4 nitrogen and oxygen atoms in total. The van der Waals surface area contributed by atoms with Gasteiger partial charge in [0.25, 0.3) is 10.2 Å². The van der Waals surface area contributed by atoms with E-state index in [0.29, 0.717) is 5.92 Å². The number of halogens is 1. The summed E-state index contributed by atoms with van der Waals surface area (Å²) < 4.78 is 26.1. The Kier molecular flexibility index (Phi) is 5.97. The standard InChI is InChI=1S/C8H19ClN2O2S/c1-7(2)5-8(9)6-10-14(12,13)11(3)4/h7-8,10H,5-6H2,1-4H3. The number of rotatable bonds is 6. The maximum Gasteiger partial charge on any atom is 0.278 e. The van der Waals surface area contributed by atoms with Crippen LogP contribution in [0, 0.1) is 5.92 Å². The molecule has 86 valence electrons. The second kappa shape index (κ2) is 5.90. The third-order valence-electron chi connectivity index (χ3n) is 1.70. The lowest BCUT2D eigenvalue weighted by molar-refractivity contribution is 0.496. The first-order valence-electron chi connectivity index (χ1n) is 4.57. The molecule has 0 fully saturated rings. The highest BCUT2D eigenvalue weighted by Gasteiger charge is 2.15. The molecule has 6 heteroatoms. The van der Waals surface area contributed by atoms with Crippen LogP contribution < -0.4 is 4.72 Å². The monoisotopic (exact) mass is 242 g/mol. The fourth-order valence-corrected chi connectivity index (χ4v) is 2.11. The summed E-state index contributed by atoms with van der Waals surface area (Å²) in [7, 11) is -0.370. The fraction of sp³-hybridized carbons (Fsp3) is 1.00. The lowest BCUT2D eigenvalue weighted by Gasteiger charge is -2.16. The Labute approximate surface area is 91.8 Å². The molecule has 0 aliphatic carbocycles. The average Bonchev–Trinajstić information content (AvgIpc) is 1.99. The molecule has 0 aromatic carbocycles. The second-order valence-corrected chi connectivity index (χ2v) is 6.45. The van der Waals surface area contributed by atoms with Crippen molar-refractivity contribution < 1.29 is 8.42 Å². The largest absolute Gasteiger partial charge is 0.278 e. The number of hydrogen-bond acceptors (Lipinski definition) is 2. The molecule has 14 heavy (non-hydrogen) atoms. The third kappa shape index (κ3) is 5.80. The molecule has 1 unspecified atom stereocenters. The van der Waals surface area contributed by atoms with Crippen molar-refractivity contribution >= 4 is 21.8 Å². The van der Waals surface area contributed by atoms with Crippen LogP contribution in [0.2, 0.25) is 0 Å². The van der Waals surface area contributed by atoms with Crippen molar-refractivity contribution in [1.29, 1.82) is 0 Å². The van der Waals surface area contributed by atoms with E-state index in [1.807, 2.05) is 0 Å². The minimum absolute atomic E-state index is 0.148. The molecule has 1 atom stereocenters. The van der Waals surface area contributed by atoms with Gasteiger partial charge in [0.15, 0.2) is 0 Å². The highest BCUT2D eigenvalue weighted by molar-refractivity contribution is 7.87. The van der Waals surface area contributed by atoms with Crippen molar-refractivity contribution in [2.75, 3.05) is 20.6 Å². The molecule has 0 bridgehead atoms. The van der Waals surface area contributed by atoms with E-state index in [0.717, 1.165) is 10.7 Å². The lowest BCUT2D eigenvalue weighted by Crippen LogP contribution is -2.38. The lowest BCUT2D eigenvalue weighted by atomic mass is 10.1. The summed E-state index contributed by atoms with van der Waals surface area (Å²) in [5.41, 5.74) is 0. The molecule has 0 saturated carbocycles. The molecule has 0 aliphatic rings. The summed E-state index contributed by atoms with van der Waals surface area (Å²) in [6, 6.07) is 0. The molecule has 0 spiro atoms. The highest BCUT2D eigenvalue weighted by Crippen LogP contribution is 2.09. The van der Waals surface area contributed by atoms with Gasteiger partial charge in [-0.05, 0) is 12.3 Å². The van der Waals surface area contributed by atoms with Gasteiger partial charge in [-0.15, -0.1) is 11.6 Å². The Bertz CT molecular complexity index is 252. The van der Waals surface area contributed by atoms with Gasteiger partial charge in [-0.1, -0.05) is 13.8 Å². The SMILES string of the molecule is CC(C)CC(Cl)CNS(=O)(=O)N(C)C. The number of hydrogen-bond donors (Lipinski definition) is 1. The minimum Gasteiger partial charge on any atom is -0.201 e. The zero-order valence-corrected chi connectivity index (χ0v) is 10.7. The van der Waals surface area contributed by atoms with Gasteiger partial charge in [-0.3, -0.25) is 0 Å². The van der Waals surface area contributed by atoms with E-state index in [1.165, 1.54) is 14.1 Å². The van der Waals surface area contributed by atoms with Crippen LogP contribution in [0.25, 0.3) is 0 Å². The maximum atomic E-state index is 11.3. The van der Waals surface area contributed by atoms with Crippen molar-refractivity contribution in [3.8, 4) is 0 Å². The molecule has 0 heterocycles. The molecule has 0 aromatic rings. The van der Waals surface area contributed by atoms with Crippen LogP contribution in [0.15, 0.2) is 0 Å². The first-order valence-corrected chi connectivity index (χ1v) is 6.44. The Hall–Kier alpha value is 0.160. The first kappa shape index (κ1) is 14.2. The summed E-state index contributed by atoms with van der Waals surface area (Å²) in [6.07, 6.45) is 0.803. The first-order chi connectivity index (χ1) is 6.25. The van der Waals surface area contributed by atoms with E-state index in [-0.39, 0.29) is 11.9 Å². The molecule has 0 aromatic heterocycles. The summed E-state index contributed by atoms with van der Waals surface area (Å²) in [5, 5.41) is -0.148. The summed E-state index contributed by atoms with van der Waals surface area (Å²) in [5.74, 6) is 0.473. The molecule has 0 aliphatic heterocycles. The molecule has 0 amide bonds. The quantitative estimate of drug-likeness (QED) is 0.708. The predicted octanol–water partition coefficient (Wildman–Crippen LogP) is 1.04. The van der Waals surface area contributed by atoms with Crippen LogP contribution in [0.5, 0.6) is 0 Å². The van der Waals surface area contributed by atoms with Crippen molar-refractivity contribution in [2.24, 2.45) is 5.92 Å². The Balaban J connectivity index is 3.95. The van der Waals surface area contributed by atoms with Crippen LogP contribution in [0.4, 0.5) is 0 Å². The zero-order chi connectivity index (χ0) is 11.4. The van der Waals surface area contributed by atoms with E-state index >= 15 is 0 Å². The molecule has 0 rings (SSSR count). The van der Waals surface area contributed by atoms with Crippen molar-refractivity contribution in [3.05, 3.63) is 0 Å². The van der Waals surface area contributed by atoms with Gasteiger partial charge >= 0.3 is 0 Å². The van der Waals surface area contributed by atoms with Gasteiger partial charge in [0.1, 0.15) is 0 Å². The third-order valence-corrected chi connectivity index (χ3v) is 3.52. The molecular formula is C8H19ClN2O2S. The van der Waals surface area contributed by atoms with E-state index < -0.39 is 10.2 Å². The Morgan fingerprint density at radius 2 is 1.86 bits per heavy atom. The number of nitrogens with one attached hydrogen (secondary N) is 1. The molecule has 1 N–H and O–H groups in total. The summed E-state index contributed by atoms with van der Waals surface area (Å²) >= 11 is 5.94. The van der Waals surface area contributed by atoms with Gasteiger partial charge in [0, 0.05) is 26.0 Å².